The molecule has 0 unspecified atom stereocenters. The molecule has 0 saturated carbocycles. The van der Waals surface area contributed by atoms with Crippen LogP contribution < -0.4 is 15.2 Å². The molecule has 1 aliphatic rings. The fourth-order valence-electron chi connectivity index (χ4n) is 4.66. The predicted octanol–water partition coefficient (Wildman–Crippen LogP) is 5.44. The Bertz CT molecular complexity index is 1680. The van der Waals surface area contributed by atoms with Gasteiger partial charge in [0, 0.05) is 13.1 Å². The van der Waals surface area contributed by atoms with E-state index in [9.17, 15) is 9.18 Å². The Balaban J connectivity index is 1.47. The molecule has 36 heavy (non-hydrogen) atoms. The maximum Gasteiger partial charge on any atom is 0.282 e. The number of hydrogen-bond acceptors (Lipinski definition) is 6. The minimum absolute atomic E-state index is 0.238. The number of anilines is 1. The molecule has 1 saturated heterocycles. The molecular weight excluding hydrogens is 459 g/mol. The molecule has 0 amide bonds. The highest BCUT2D eigenvalue weighted by Gasteiger charge is 2.19. The van der Waals surface area contributed by atoms with Crippen molar-refractivity contribution in [3.05, 3.63) is 88.5 Å². The molecule has 2 aromatic heterocycles. The predicted molar refractivity (Wildman–Crippen MR) is 139 cm³/mol. The van der Waals surface area contributed by atoms with Crippen LogP contribution in [0.1, 0.15) is 18.4 Å². The molecule has 5 aromatic rings. The molecule has 0 atom stereocenters. The topological polar surface area (TPSA) is 72.9 Å². The van der Waals surface area contributed by atoms with Gasteiger partial charge in [-0.3, -0.25) is 4.79 Å². The van der Waals surface area contributed by atoms with Gasteiger partial charge in [0.1, 0.15) is 17.1 Å². The van der Waals surface area contributed by atoms with E-state index in [1.54, 1.807) is 43.5 Å². The van der Waals surface area contributed by atoms with Crippen molar-refractivity contribution < 1.29 is 13.5 Å². The molecule has 0 radical (unpaired) electrons. The smallest absolute Gasteiger partial charge is 0.282 e. The van der Waals surface area contributed by atoms with E-state index in [4.69, 9.17) is 9.15 Å². The van der Waals surface area contributed by atoms with Crippen molar-refractivity contribution in [2.45, 2.75) is 12.8 Å². The summed E-state index contributed by atoms with van der Waals surface area (Å²) in [5.41, 5.74) is 1.89. The van der Waals surface area contributed by atoms with E-state index in [0.29, 0.717) is 39.2 Å². The number of fused-ring (bicyclic) bond motifs is 2. The number of benzene rings is 3. The van der Waals surface area contributed by atoms with Gasteiger partial charge in [0.2, 0.25) is 5.82 Å². The van der Waals surface area contributed by atoms with Gasteiger partial charge in [-0.05, 0) is 60.9 Å². The van der Waals surface area contributed by atoms with Crippen LogP contribution in [-0.4, -0.2) is 36.1 Å². The molecule has 0 aliphatic carbocycles. The number of nitrogens with zero attached hydrogens (tertiary/aromatic N) is 4. The Morgan fingerprint density at radius 1 is 1.03 bits per heavy atom. The quantitative estimate of drug-likeness (QED) is 0.312. The lowest BCUT2D eigenvalue weighted by Gasteiger charge is -2.18. The number of furan rings is 1. The van der Waals surface area contributed by atoms with Crippen LogP contribution in [0.15, 0.2) is 81.0 Å². The average molecular weight is 483 g/mol. The van der Waals surface area contributed by atoms with Crippen LogP contribution in [0.3, 0.4) is 0 Å². The van der Waals surface area contributed by atoms with E-state index in [1.165, 1.54) is 17.0 Å². The maximum absolute atomic E-state index is 14.8. The van der Waals surface area contributed by atoms with Gasteiger partial charge in [0.25, 0.3) is 5.56 Å². The molecule has 1 aliphatic heterocycles. The monoisotopic (exact) mass is 482 g/mol. The normalized spacial score (nSPS) is 13.9. The lowest BCUT2D eigenvalue weighted by atomic mass is 10.2. The fourth-order valence-corrected chi connectivity index (χ4v) is 4.66. The third kappa shape index (κ3) is 3.80. The molecule has 0 bridgehead atoms. The van der Waals surface area contributed by atoms with Crippen molar-refractivity contribution in [1.29, 1.82) is 0 Å². The standard InChI is InChI=1S/C28H23FN4O3/c1-35-24-9-6-10-25-20(24)16-26(36-25)27-31-22-8-3-2-7-19(22)28(34)33(27)30-17-18-11-12-23(21(29)15-18)32-13-4-5-14-32/h2-3,6-12,15-17H,4-5,13-14H2,1H3. The van der Waals surface area contributed by atoms with Crippen molar-refractivity contribution in [3.8, 4) is 17.3 Å². The summed E-state index contributed by atoms with van der Waals surface area (Å²) < 4.78 is 27.5. The SMILES string of the molecule is COc1cccc2oc(-c3nc4ccccc4c(=O)n3N=Cc3ccc(N4CCCC4)c(F)c3)cc12. The van der Waals surface area contributed by atoms with Crippen molar-refractivity contribution in [3.63, 3.8) is 0 Å². The second-order valence-corrected chi connectivity index (χ2v) is 8.70. The zero-order valence-corrected chi connectivity index (χ0v) is 19.6. The Kier molecular flexibility index (Phi) is 5.48. The zero-order valence-electron chi connectivity index (χ0n) is 19.6. The lowest BCUT2D eigenvalue weighted by Crippen LogP contribution is -2.20. The van der Waals surface area contributed by atoms with Gasteiger partial charge in [0.15, 0.2) is 5.76 Å². The summed E-state index contributed by atoms with van der Waals surface area (Å²) in [7, 11) is 1.59. The number of para-hydroxylation sites is 1. The highest BCUT2D eigenvalue weighted by Crippen LogP contribution is 2.33. The first kappa shape index (κ1) is 22.0. The Morgan fingerprint density at radius 2 is 1.86 bits per heavy atom. The van der Waals surface area contributed by atoms with E-state index in [0.717, 1.165) is 31.3 Å². The first-order valence-corrected chi connectivity index (χ1v) is 11.8. The van der Waals surface area contributed by atoms with Crippen LogP contribution in [0.25, 0.3) is 33.5 Å². The van der Waals surface area contributed by atoms with Gasteiger partial charge in [0.05, 0.1) is 35.3 Å². The number of rotatable bonds is 5. The summed E-state index contributed by atoms with van der Waals surface area (Å²) in [6.45, 7) is 1.71. The molecule has 0 spiro atoms. The molecule has 3 aromatic carbocycles. The van der Waals surface area contributed by atoms with Gasteiger partial charge in [-0.25, -0.2) is 9.37 Å². The molecular formula is C28H23FN4O3. The summed E-state index contributed by atoms with van der Waals surface area (Å²) in [5, 5.41) is 5.60. The van der Waals surface area contributed by atoms with Gasteiger partial charge in [-0.1, -0.05) is 24.3 Å². The van der Waals surface area contributed by atoms with Gasteiger partial charge >= 0.3 is 0 Å². The maximum atomic E-state index is 14.8. The summed E-state index contributed by atoms with van der Waals surface area (Å²) in [4.78, 5) is 20.2. The van der Waals surface area contributed by atoms with E-state index in [-0.39, 0.29) is 17.2 Å². The lowest BCUT2D eigenvalue weighted by molar-refractivity contribution is 0.419. The van der Waals surface area contributed by atoms with Crippen molar-refractivity contribution in [2.75, 3.05) is 25.1 Å². The summed E-state index contributed by atoms with van der Waals surface area (Å²) in [6.07, 6.45) is 3.59. The first-order chi connectivity index (χ1) is 17.6. The van der Waals surface area contributed by atoms with E-state index in [2.05, 4.69) is 10.1 Å². The van der Waals surface area contributed by atoms with Crippen molar-refractivity contribution in [1.82, 2.24) is 9.66 Å². The number of halogens is 1. The summed E-state index contributed by atoms with van der Waals surface area (Å²) >= 11 is 0. The van der Waals surface area contributed by atoms with Gasteiger partial charge in [-0.15, -0.1) is 0 Å². The number of aromatic nitrogens is 2. The van der Waals surface area contributed by atoms with Crippen molar-refractivity contribution >= 4 is 33.8 Å². The molecule has 0 N–H and O–H groups in total. The molecule has 1 fully saturated rings. The molecule has 7 nitrogen and oxygen atoms in total. The highest BCUT2D eigenvalue weighted by atomic mass is 19.1. The van der Waals surface area contributed by atoms with E-state index >= 15 is 0 Å². The van der Waals surface area contributed by atoms with Gasteiger partial charge in [-0.2, -0.15) is 9.78 Å². The fraction of sp³-hybridized carbons (Fsp3) is 0.179. The summed E-state index contributed by atoms with van der Waals surface area (Å²) in [5.74, 6) is 0.941. The largest absolute Gasteiger partial charge is 0.496 e. The number of hydrogen-bond donors (Lipinski definition) is 0. The number of methoxy groups -OCH3 is 1. The minimum atomic E-state index is -0.353. The minimum Gasteiger partial charge on any atom is -0.496 e. The van der Waals surface area contributed by atoms with Crippen molar-refractivity contribution in [2.24, 2.45) is 5.10 Å². The summed E-state index contributed by atoms with van der Waals surface area (Å²) in [6, 6.07) is 19.3. The van der Waals surface area contributed by atoms with E-state index in [1.807, 2.05) is 29.2 Å². The Labute approximate surface area is 206 Å². The molecule has 3 heterocycles. The molecule has 8 heteroatoms. The third-order valence-electron chi connectivity index (χ3n) is 6.46. The second-order valence-electron chi connectivity index (χ2n) is 8.70. The third-order valence-corrected chi connectivity index (χ3v) is 6.46. The Morgan fingerprint density at radius 3 is 2.67 bits per heavy atom. The van der Waals surface area contributed by atoms with Crippen LogP contribution in [-0.2, 0) is 0 Å². The number of ether oxygens (including phenoxy) is 1. The second kappa shape index (κ2) is 8.96. The van der Waals surface area contributed by atoms with Crippen LogP contribution in [0, 0.1) is 5.82 Å². The Hall–Kier alpha value is -4.46. The van der Waals surface area contributed by atoms with Gasteiger partial charge < -0.3 is 14.1 Å². The average Bonchev–Trinajstić information content (AvgIpc) is 3.58. The zero-order chi connectivity index (χ0) is 24.6. The van der Waals surface area contributed by atoms with Crippen LogP contribution in [0.2, 0.25) is 0 Å². The first-order valence-electron chi connectivity index (χ1n) is 11.8. The van der Waals surface area contributed by atoms with Crippen LogP contribution in [0.5, 0.6) is 5.75 Å². The van der Waals surface area contributed by atoms with E-state index < -0.39 is 0 Å². The van der Waals surface area contributed by atoms with Crippen LogP contribution >= 0.6 is 0 Å². The molecule has 6 rings (SSSR count). The highest BCUT2D eigenvalue weighted by molar-refractivity contribution is 5.88. The molecule has 180 valence electrons. The van der Waals surface area contributed by atoms with Crippen LogP contribution in [0.4, 0.5) is 10.1 Å².